The molecule has 21 heavy (non-hydrogen) atoms. The van der Waals surface area contributed by atoms with Gasteiger partial charge in [0.1, 0.15) is 0 Å². The van der Waals surface area contributed by atoms with Crippen LogP contribution in [0, 0.1) is 17.8 Å². The van der Waals surface area contributed by atoms with Gasteiger partial charge in [0.2, 0.25) is 5.91 Å². The first-order chi connectivity index (χ1) is 9.97. The molecule has 0 atom stereocenters. The van der Waals surface area contributed by atoms with Crippen molar-refractivity contribution in [1.82, 2.24) is 4.90 Å². The zero-order chi connectivity index (χ0) is 15.4. The Balaban J connectivity index is 1.75. The summed E-state index contributed by atoms with van der Waals surface area (Å²) in [5, 5.41) is 0. The highest BCUT2D eigenvalue weighted by molar-refractivity contribution is 5.79. The van der Waals surface area contributed by atoms with Crippen LogP contribution in [0.3, 0.4) is 0 Å². The Morgan fingerprint density at radius 1 is 0.952 bits per heavy atom. The van der Waals surface area contributed by atoms with Crippen molar-refractivity contribution in [2.75, 3.05) is 13.1 Å². The van der Waals surface area contributed by atoms with Gasteiger partial charge in [0, 0.05) is 19.0 Å². The van der Waals surface area contributed by atoms with Crippen molar-refractivity contribution >= 4 is 5.91 Å². The van der Waals surface area contributed by atoms with Gasteiger partial charge in [0.05, 0.1) is 12.2 Å². The zero-order valence-corrected chi connectivity index (χ0v) is 14.3. The second-order valence-corrected chi connectivity index (χ2v) is 7.57. The average Bonchev–Trinajstić information content (AvgIpc) is 2.47. The van der Waals surface area contributed by atoms with Crippen LogP contribution in [-0.4, -0.2) is 36.1 Å². The van der Waals surface area contributed by atoms with Gasteiger partial charge < -0.3 is 9.64 Å². The standard InChI is InChI=1S/C18H33NO2/c1-13(2)15-5-7-16(8-6-15)18(20)19-11-9-17(10-12-19)21-14(3)4/h13-17H,5-12H2,1-4H3. The van der Waals surface area contributed by atoms with E-state index in [-0.39, 0.29) is 0 Å². The average molecular weight is 295 g/mol. The molecule has 1 heterocycles. The van der Waals surface area contributed by atoms with Gasteiger partial charge >= 0.3 is 0 Å². The molecule has 1 amide bonds. The van der Waals surface area contributed by atoms with Crippen LogP contribution in [0.5, 0.6) is 0 Å². The van der Waals surface area contributed by atoms with Crippen LogP contribution in [-0.2, 0) is 9.53 Å². The molecule has 3 nitrogen and oxygen atoms in total. The summed E-state index contributed by atoms with van der Waals surface area (Å²) in [5.74, 6) is 2.31. The predicted molar refractivity (Wildman–Crippen MR) is 86.1 cm³/mol. The first-order valence-corrected chi connectivity index (χ1v) is 8.91. The van der Waals surface area contributed by atoms with Crippen LogP contribution < -0.4 is 0 Å². The highest BCUT2D eigenvalue weighted by Crippen LogP contribution is 2.34. The van der Waals surface area contributed by atoms with Gasteiger partial charge in [-0.25, -0.2) is 0 Å². The van der Waals surface area contributed by atoms with Gasteiger partial charge in [0.25, 0.3) is 0 Å². The third kappa shape index (κ3) is 4.70. The molecule has 0 aromatic carbocycles. The minimum atomic E-state index is 0.294. The smallest absolute Gasteiger partial charge is 0.225 e. The molecule has 1 saturated heterocycles. The Kier molecular flexibility index (Phi) is 6.09. The number of carbonyl (C=O) groups excluding carboxylic acids is 1. The lowest BCUT2D eigenvalue weighted by Crippen LogP contribution is -2.44. The molecule has 1 aliphatic heterocycles. The molecule has 0 aromatic rings. The van der Waals surface area contributed by atoms with Gasteiger partial charge in [-0.05, 0) is 64.2 Å². The number of amides is 1. The molecule has 0 radical (unpaired) electrons. The molecule has 0 spiro atoms. The molecule has 1 aliphatic carbocycles. The lowest BCUT2D eigenvalue weighted by molar-refractivity contribution is -0.140. The molecule has 1 saturated carbocycles. The Labute approximate surface area is 130 Å². The Morgan fingerprint density at radius 3 is 2.00 bits per heavy atom. The number of piperidine rings is 1. The maximum absolute atomic E-state index is 12.6. The largest absolute Gasteiger partial charge is 0.375 e. The normalized spacial score (nSPS) is 28.4. The summed E-state index contributed by atoms with van der Waals surface area (Å²) < 4.78 is 5.87. The summed E-state index contributed by atoms with van der Waals surface area (Å²) in [6, 6.07) is 0. The first-order valence-electron chi connectivity index (χ1n) is 8.91. The molecule has 3 heteroatoms. The number of likely N-dealkylation sites (tertiary alicyclic amines) is 1. The third-order valence-electron chi connectivity index (χ3n) is 5.28. The topological polar surface area (TPSA) is 29.5 Å². The van der Waals surface area contributed by atoms with Gasteiger partial charge in [-0.3, -0.25) is 4.79 Å². The SMILES string of the molecule is CC(C)OC1CCN(C(=O)C2CCC(C(C)C)CC2)CC1. The Bertz CT molecular complexity index is 324. The Hall–Kier alpha value is -0.570. The fourth-order valence-corrected chi connectivity index (χ4v) is 3.89. The van der Waals surface area contributed by atoms with Crippen LogP contribution in [0.4, 0.5) is 0 Å². The van der Waals surface area contributed by atoms with Gasteiger partial charge in [0.15, 0.2) is 0 Å². The second kappa shape index (κ2) is 7.62. The van der Waals surface area contributed by atoms with Crippen molar-refractivity contribution in [1.29, 1.82) is 0 Å². The van der Waals surface area contributed by atoms with Crippen LogP contribution in [0.15, 0.2) is 0 Å². The van der Waals surface area contributed by atoms with E-state index in [9.17, 15) is 4.79 Å². The van der Waals surface area contributed by atoms with E-state index < -0.39 is 0 Å². The zero-order valence-electron chi connectivity index (χ0n) is 14.3. The number of rotatable bonds is 4. The number of nitrogens with zero attached hydrogens (tertiary/aromatic N) is 1. The van der Waals surface area contributed by atoms with E-state index in [0.717, 1.165) is 50.6 Å². The van der Waals surface area contributed by atoms with E-state index in [1.807, 2.05) is 0 Å². The van der Waals surface area contributed by atoms with Crippen molar-refractivity contribution in [3.63, 3.8) is 0 Å². The molecule has 2 aliphatic rings. The molecule has 0 bridgehead atoms. The molecule has 0 unspecified atom stereocenters. The molecule has 0 N–H and O–H groups in total. The van der Waals surface area contributed by atoms with Crippen molar-refractivity contribution in [2.45, 2.75) is 78.4 Å². The number of hydrogen-bond acceptors (Lipinski definition) is 2. The fourth-order valence-electron chi connectivity index (χ4n) is 3.89. The lowest BCUT2D eigenvalue weighted by Gasteiger charge is -2.37. The highest BCUT2D eigenvalue weighted by atomic mass is 16.5. The van der Waals surface area contributed by atoms with Crippen LogP contribution in [0.1, 0.15) is 66.2 Å². The molecular formula is C18H33NO2. The monoisotopic (exact) mass is 295 g/mol. The van der Waals surface area contributed by atoms with Crippen molar-refractivity contribution < 1.29 is 9.53 Å². The van der Waals surface area contributed by atoms with E-state index in [0.29, 0.717) is 24.0 Å². The maximum atomic E-state index is 12.6. The van der Waals surface area contributed by atoms with E-state index >= 15 is 0 Å². The van der Waals surface area contributed by atoms with Crippen LogP contribution in [0.2, 0.25) is 0 Å². The highest BCUT2D eigenvalue weighted by Gasteiger charge is 2.32. The minimum Gasteiger partial charge on any atom is -0.375 e. The van der Waals surface area contributed by atoms with E-state index in [4.69, 9.17) is 4.74 Å². The lowest BCUT2D eigenvalue weighted by atomic mass is 9.76. The summed E-state index contributed by atoms with van der Waals surface area (Å²) in [6.07, 6.45) is 7.33. The van der Waals surface area contributed by atoms with Gasteiger partial charge in [-0.2, -0.15) is 0 Å². The number of ether oxygens (including phenoxy) is 1. The predicted octanol–water partition coefficient (Wildman–Crippen LogP) is 3.86. The molecule has 0 aromatic heterocycles. The molecule has 122 valence electrons. The van der Waals surface area contributed by atoms with Crippen molar-refractivity contribution in [2.24, 2.45) is 17.8 Å². The van der Waals surface area contributed by atoms with E-state index in [1.54, 1.807) is 0 Å². The third-order valence-corrected chi connectivity index (χ3v) is 5.28. The number of hydrogen-bond donors (Lipinski definition) is 0. The molecule has 2 fully saturated rings. The quantitative estimate of drug-likeness (QED) is 0.788. The minimum absolute atomic E-state index is 0.294. The molecule has 2 rings (SSSR count). The fraction of sp³-hybridized carbons (Fsp3) is 0.944. The summed E-state index contributed by atoms with van der Waals surface area (Å²) in [7, 11) is 0. The summed E-state index contributed by atoms with van der Waals surface area (Å²) in [4.78, 5) is 14.7. The van der Waals surface area contributed by atoms with E-state index in [2.05, 4.69) is 32.6 Å². The van der Waals surface area contributed by atoms with Gasteiger partial charge in [-0.1, -0.05) is 13.8 Å². The van der Waals surface area contributed by atoms with Gasteiger partial charge in [-0.15, -0.1) is 0 Å². The summed E-state index contributed by atoms with van der Waals surface area (Å²) in [5.41, 5.74) is 0. The Morgan fingerprint density at radius 2 is 1.52 bits per heavy atom. The second-order valence-electron chi connectivity index (χ2n) is 7.57. The number of carbonyl (C=O) groups is 1. The van der Waals surface area contributed by atoms with Crippen LogP contribution >= 0.6 is 0 Å². The van der Waals surface area contributed by atoms with Crippen LogP contribution in [0.25, 0.3) is 0 Å². The first kappa shape index (κ1) is 16.8. The summed E-state index contributed by atoms with van der Waals surface area (Å²) in [6.45, 7) is 10.6. The summed E-state index contributed by atoms with van der Waals surface area (Å²) >= 11 is 0. The van der Waals surface area contributed by atoms with Crippen molar-refractivity contribution in [3.05, 3.63) is 0 Å². The van der Waals surface area contributed by atoms with Crippen molar-refractivity contribution in [3.8, 4) is 0 Å². The van der Waals surface area contributed by atoms with E-state index in [1.165, 1.54) is 12.8 Å². The maximum Gasteiger partial charge on any atom is 0.225 e. The molecular weight excluding hydrogens is 262 g/mol.